The van der Waals surface area contributed by atoms with Gasteiger partial charge in [-0.1, -0.05) is 43.5 Å². The fraction of sp³-hybridized carbons (Fsp3) is 0.500. The molecule has 2 N–H and O–H groups in total. The lowest BCUT2D eigenvalue weighted by molar-refractivity contribution is 0.1000. The zero-order valence-electron chi connectivity index (χ0n) is 16.4. The number of hydrogen-bond acceptors (Lipinski definition) is 2. The van der Waals surface area contributed by atoms with Crippen molar-refractivity contribution in [2.45, 2.75) is 52.5 Å². The standard InChI is InChI=1S/C22H30ClN3O/c1-3-7-19-21(17-8-10-18(23)11-9-17)20(22(24)27)16(2)26(19)15-14-25-12-5-4-6-13-25/h8-11H,3-7,12-15H2,1-2H3,(H2,24,27). The Hall–Kier alpha value is -1.78. The van der Waals surface area contributed by atoms with Crippen molar-refractivity contribution in [2.75, 3.05) is 19.6 Å². The van der Waals surface area contributed by atoms with E-state index in [1.165, 1.54) is 38.0 Å². The van der Waals surface area contributed by atoms with E-state index in [0.29, 0.717) is 10.6 Å². The first-order valence-corrected chi connectivity index (χ1v) is 10.4. The molecule has 1 aliphatic heterocycles. The van der Waals surface area contributed by atoms with Crippen LogP contribution in [-0.2, 0) is 13.0 Å². The number of carbonyl (C=O) groups is 1. The molecule has 0 aliphatic carbocycles. The molecular weight excluding hydrogens is 358 g/mol. The highest BCUT2D eigenvalue weighted by Gasteiger charge is 2.24. The molecule has 0 radical (unpaired) electrons. The summed E-state index contributed by atoms with van der Waals surface area (Å²) in [5.41, 5.74) is 10.6. The Bertz CT molecular complexity index is 789. The molecule has 0 atom stereocenters. The first-order valence-electron chi connectivity index (χ1n) is 10.0. The lowest BCUT2D eigenvalue weighted by atomic mass is 9.98. The highest BCUT2D eigenvalue weighted by molar-refractivity contribution is 6.30. The van der Waals surface area contributed by atoms with Crippen LogP contribution in [0.5, 0.6) is 0 Å². The predicted molar refractivity (Wildman–Crippen MR) is 112 cm³/mol. The second kappa shape index (κ2) is 8.94. The molecule has 1 saturated heterocycles. The Morgan fingerprint density at radius 1 is 1.11 bits per heavy atom. The second-order valence-corrected chi connectivity index (χ2v) is 7.89. The minimum Gasteiger partial charge on any atom is -0.366 e. The number of nitrogens with two attached hydrogens (primary N) is 1. The number of piperidine rings is 1. The number of hydrogen-bond donors (Lipinski definition) is 1. The van der Waals surface area contributed by atoms with Gasteiger partial charge in [-0.05, 0) is 57.0 Å². The summed E-state index contributed by atoms with van der Waals surface area (Å²) in [5.74, 6) is -0.355. The van der Waals surface area contributed by atoms with Crippen molar-refractivity contribution in [1.29, 1.82) is 0 Å². The van der Waals surface area contributed by atoms with E-state index >= 15 is 0 Å². The lowest BCUT2D eigenvalue weighted by Crippen LogP contribution is -2.33. The molecule has 4 nitrogen and oxygen atoms in total. The van der Waals surface area contributed by atoms with E-state index in [-0.39, 0.29) is 5.91 Å². The van der Waals surface area contributed by atoms with E-state index in [0.717, 1.165) is 42.8 Å². The summed E-state index contributed by atoms with van der Waals surface area (Å²) in [6.45, 7) is 8.47. The molecule has 0 spiro atoms. The van der Waals surface area contributed by atoms with Crippen molar-refractivity contribution in [3.05, 3.63) is 46.2 Å². The summed E-state index contributed by atoms with van der Waals surface area (Å²) < 4.78 is 2.32. The molecule has 0 saturated carbocycles. The van der Waals surface area contributed by atoms with Crippen LogP contribution in [0.15, 0.2) is 24.3 Å². The van der Waals surface area contributed by atoms with Crippen LogP contribution in [0.3, 0.4) is 0 Å². The molecule has 1 fully saturated rings. The topological polar surface area (TPSA) is 51.3 Å². The number of rotatable bonds is 7. The lowest BCUT2D eigenvalue weighted by Gasteiger charge is -2.27. The summed E-state index contributed by atoms with van der Waals surface area (Å²) >= 11 is 6.07. The minimum atomic E-state index is -0.355. The highest BCUT2D eigenvalue weighted by atomic mass is 35.5. The van der Waals surface area contributed by atoms with Gasteiger partial charge in [0.25, 0.3) is 5.91 Å². The zero-order valence-corrected chi connectivity index (χ0v) is 17.2. The summed E-state index contributed by atoms with van der Waals surface area (Å²) in [6.07, 6.45) is 5.86. The molecule has 2 heterocycles. The van der Waals surface area contributed by atoms with Crippen molar-refractivity contribution < 1.29 is 4.79 Å². The molecule has 146 valence electrons. The van der Waals surface area contributed by atoms with Crippen LogP contribution in [0.25, 0.3) is 11.1 Å². The predicted octanol–water partition coefficient (Wildman–Crippen LogP) is 4.65. The molecular formula is C22H30ClN3O. The Balaban J connectivity index is 2.02. The van der Waals surface area contributed by atoms with Gasteiger partial charge in [0.1, 0.15) is 0 Å². The number of primary amides is 1. The third-order valence-corrected chi connectivity index (χ3v) is 5.84. The van der Waals surface area contributed by atoms with Gasteiger partial charge in [-0.15, -0.1) is 0 Å². The zero-order chi connectivity index (χ0) is 19.4. The molecule has 1 amide bonds. The molecule has 1 aromatic heterocycles. The van der Waals surface area contributed by atoms with Crippen molar-refractivity contribution in [3.63, 3.8) is 0 Å². The Labute approximate surface area is 167 Å². The monoisotopic (exact) mass is 387 g/mol. The quantitative estimate of drug-likeness (QED) is 0.751. The summed E-state index contributed by atoms with van der Waals surface area (Å²) in [4.78, 5) is 14.9. The number of amides is 1. The van der Waals surface area contributed by atoms with Crippen molar-refractivity contribution in [2.24, 2.45) is 5.73 Å². The van der Waals surface area contributed by atoms with Crippen molar-refractivity contribution >= 4 is 17.5 Å². The Morgan fingerprint density at radius 3 is 2.37 bits per heavy atom. The Morgan fingerprint density at radius 2 is 1.78 bits per heavy atom. The van der Waals surface area contributed by atoms with Crippen LogP contribution >= 0.6 is 11.6 Å². The van der Waals surface area contributed by atoms with Crippen LogP contribution in [0, 0.1) is 6.92 Å². The number of aromatic nitrogens is 1. The number of nitrogens with zero attached hydrogens (tertiary/aromatic N) is 2. The third kappa shape index (κ3) is 4.39. The van der Waals surface area contributed by atoms with Crippen LogP contribution in [0.2, 0.25) is 5.02 Å². The van der Waals surface area contributed by atoms with Gasteiger partial charge in [-0.2, -0.15) is 0 Å². The normalized spacial score (nSPS) is 15.2. The number of halogens is 1. The highest BCUT2D eigenvalue weighted by Crippen LogP contribution is 2.34. The van der Waals surface area contributed by atoms with Gasteiger partial charge in [0.05, 0.1) is 5.56 Å². The first-order chi connectivity index (χ1) is 13.0. The van der Waals surface area contributed by atoms with Gasteiger partial charge in [0.15, 0.2) is 0 Å². The molecule has 0 unspecified atom stereocenters. The number of carbonyl (C=O) groups excluding carboxylic acids is 1. The molecule has 5 heteroatoms. The van der Waals surface area contributed by atoms with E-state index in [1.807, 2.05) is 31.2 Å². The molecule has 27 heavy (non-hydrogen) atoms. The van der Waals surface area contributed by atoms with E-state index < -0.39 is 0 Å². The first kappa shape index (κ1) is 20.0. The van der Waals surface area contributed by atoms with Gasteiger partial charge in [-0.25, -0.2) is 0 Å². The maximum absolute atomic E-state index is 12.3. The average Bonchev–Trinajstić information content (AvgIpc) is 2.94. The second-order valence-electron chi connectivity index (χ2n) is 7.46. The van der Waals surface area contributed by atoms with E-state index in [9.17, 15) is 4.79 Å². The summed E-state index contributed by atoms with van der Waals surface area (Å²) in [7, 11) is 0. The van der Waals surface area contributed by atoms with Gasteiger partial charge in [0.2, 0.25) is 0 Å². The van der Waals surface area contributed by atoms with E-state index in [1.54, 1.807) is 0 Å². The molecule has 3 rings (SSSR count). The van der Waals surface area contributed by atoms with Gasteiger partial charge in [0, 0.05) is 35.1 Å². The van der Waals surface area contributed by atoms with Crippen molar-refractivity contribution in [3.8, 4) is 11.1 Å². The minimum absolute atomic E-state index is 0.355. The van der Waals surface area contributed by atoms with Gasteiger partial charge in [-0.3, -0.25) is 4.79 Å². The number of likely N-dealkylation sites (tertiary alicyclic amines) is 1. The summed E-state index contributed by atoms with van der Waals surface area (Å²) in [6, 6.07) is 7.71. The molecule has 0 bridgehead atoms. The van der Waals surface area contributed by atoms with Crippen LogP contribution in [0.4, 0.5) is 0 Å². The van der Waals surface area contributed by atoms with Gasteiger partial charge < -0.3 is 15.2 Å². The van der Waals surface area contributed by atoms with Gasteiger partial charge >= 0.3 is 0 Å². The fourth-order valence-corrected chi connectivity index (χ4v) is 4.38. The van der Waals surface area contributed by atoms with Crippen molar-refractivity contribution in [1.82, 2.24) is 9.47 Å². The van der Waals surface area contributed by atoms with Crippen LogP contribution < -0.4 is 5.73 Å². The average molecular weight is 388 g/mol. The molecule has 1 aromatic carbocycles. The smallest absolute Gasteiger partial charge is 0.251 e. The fourth-order valence-electron chi connectivity index (χ4n) is 4.25. The van der Waals surface area contributed by atoms with E-state index in [2.05, 4.69) is 16.4 Å². The SMILES string of the molecule is CCCc1c(-c2ccc(Cl)cc2)c(C(N)=O)c(C)n1CCN1CCCCC1. The molecule has 1 aliphatic rings. The number of benzene rings is 1. The molecule has 2 aromatic rings. The van der Waals surface area contributed by atoms with Crippen LogP contribution in [0.1, 0.15) is 54.4 Å². The largest absolute Gasteiger partial charge is 0.366 e. The maximum Gasteiger partial charge on any atom is 0.251 e. The third-order valence-electron chi connectivity index (χ3n) is 5.59. The maximum atomic E-state index is 12.3. The Kier molecular flexibility index (Phi) is 6.61. The van der Waals surface area contributed by atoms with E-state index in [4.69, 9.17) is 17.3 Å². The van der Waals surface area contributed by atoms with Crippen LogP contribution in [-0.4, -0.2) is 35.0 Å². The summed E-state index contributed by atoms with van der Waals surface area (Å²) in [5, 5.41) is 0.692.